The van der Waals surface area contributed by atoms with E-state index in [2.05, 4.69) is 12.2 Å². The zero-order valence-electron chi connectivity index (χ0n) is 17.7. The molecule has 2 aliphatic carbocycles. The third-order valence-corrected chi connectivity index (χ3v) is 5.91. The number of aromatic hydroxyl groups is 4. The van der Waals surface area contributed by atoms with Gasteiger partial charge in [0.15, 0.2) is 0 Å². The van der Waals surface area contributed by atoms with Gasteiger partial charge in [-0.25, -0.2) is 0 Å². The van der Waals surface area contributed by atoms with Crippen molar-refractivity contribution in [1.29, 1.82) is 0 Å². The van der Waals surface area contributed by atoms with Crippen molar-refractivity contribution < 1.29 is 20.4 Å². The summed E-state index contributed by atoms with van der Waals surface area (Å²) >= 11 is 0. The molecule has 2 aromatic rings. The molecule has 0 heterocycles. The highest BCUT2D eigenvalue weighted by atomic mass is 16.3. The first-order chi connectivity index (χ1) is 14.6. The molecule has 0 fully saturated rings. The van der Waals surface area contributed by atoms with Crippen LogP contribution in [0.25, 0.3) is 11.1 Å². The zero-order valence-corrected chi connectivity index (χ0v) is 17.7. The highest BCUT2D eigenvalue weighted by molar-refractivity contribution is 5.84. The van der Waals surface area contributed by atoms with Gasteiger partial charge >= 0.3 is 0 Å². The Morgan fingerprint density at radius 1 is 0.500 bits per heavy atom. The molecule has 4 heteroatoms. The lowest BCUT2D eigenvalue weighted by atomic mass is 9.92. The quantitative estimate of drug-likeness (QED) is 0.363. The Bertz CT molecular complexity index is 847. The summed E-state index contributed by atoms with van der Waals surface area (Å²) in [5.41, 5.74) is 2.24. The van der Waals surface area contributed by atoms with Gasteiger partial charge in [-0.2, -0.15) is 0 Å². The largest absolute Gasteiger partial charge is 0.508 e. The molecule has 2 aromatic carbocycles. The molecular weight excluding hydrogens is 376 g/mol. The van der Waals surface area contributed by atoms with E-state index in [4.69, 9.17) is 0 Å². The molecule has 0 saturated heterocycles. The lowest BCUT2D eigenvalue weighted by Crippen LogP contribution is -1.94. The summed E-state index contributed by atoms with van der Waals surface area (Å²) in [6.45, 7) is 0. The standard InChI is InChI=1S/C26H34O4/c27-21-17-20-14-12-10-8-6-4-2-1-3-5-7-9-11-13-19-15-22(28)26(23(29)16-19)25(20)24(30)18-21/h6,8,15-18,27-30H,1-5,7,9-14H2/b8-6-. The molecule has 2 aliphatic rings. The summed E-state index contributed by atoms with van der Waals surface area (Å²) < 4.78 is 0. The SMILES string of the molecule is Oc1cc(O)c2c(c1)CCC/C=C\CCCCCCCCCc1cc(O)c-2c(O)c1. The maximum Gasteiger partial charge on any atom is 0.127 e. The van der Waals surface area contributed by atoms with Crippen LogP contribution in [0.4, 0.5) is 0 Å². The van der Waals surface area contributed by atoms with Crippen LogP contribution in [0.15, 0.2) is 36.4 Å². The van der Waals surface area contributed by atoms with E-state index in [0.717, 1.165) is 44.1 Å². The van der Waals surface area contributed by atoms with E-state index in [1.165, 1.54) is 38.2 Å². The van der Waals surface area contributed by atoms with Gasteiger partial charge in [0.2, 0.25) is 0 Å². The highest BCUT2D eigenvalue weighted by Gasteiger charge is 2.20. The Labute approximate surface area is 179 Å². The van der Waals surface area contributed by atoms with Crippen molar-refractivity contribution in [1.82, 2.24) is 0 Å². The number of allylic oxidation sites excluding steroid dienone is 2. The number of phenolic OH excluding ortho intramolecular Hbond substituents is 4. The van der Waals surface area contributed by atoms with E-state index in [9.17, 15) is 20.4 Å². The first-order valence-electron chi connectivity index (χ1n) is 11.3. The van der Waals surface area contributed by atoms with Crippen LogP contribution >= 0.6 is 0 Å². The highest BCUT2D eigenvalue weighted by Crippen LogP contribution is 2.46. The van der Waals surface area contributed by atoms with E-state index in [1.54, 1.807) is 18.2 Å². The Hall–Kier alpha value is -2.62. The molecule has 0 aromatic heterocycles. The molecule has 0 spiro atoms. The number of aryl methyl sites for hydroxylation is 2. The van der Waals surface area contributed by atoms with E-state index in [-0.39, 0.29) is 28.6 Å². The van der Waals surface area contributed by atoms with E-state index < -0.39 is 0 Å². The molecule has 0 atom stereocenters. The van der Waals surface area contributed by atoms with Gasteiger partial charge in [0.1, 0.15) is 23.0 Å². The molecule has 0 aliphatic heterocycles. The van der Waals surface area contributed by atoms with Crippen molar-refractivity contribution in [3.05, 3.63) is 47.5 Å². The van der Waals surface area contributed by atoms with Crippen LogP contribution < -0.4 is 0 Å². The molecule has 2 bridgehead atoms. The molecule has 0 saturated carbocycles. The minimum absolute atomic E-state index is 0.0214. The van der Waals surface area contributed by atoms with Gasteiger partial charge in [0, 0.05) is 11.6 Å². The first-order valence-corrected chi connectivity index (χ1v) is 11.3. The average molecular weight is 411 g/mol. The number of fused-ring (bicyclic) bond motifs is 14. The molecule has 4 N–H and O–H groups in total. The molecule has 4 rings (SSSR count). The molecule has 30 heavy (non-hydrogen) atoms. The minimum Gasteiger partial charge on any atom is -0.508 e. The monoisotopic (exact) mass is 410 g/mol. The van der Waals surface area contributed by atoms with Crippen molar-refractivity contribution in [3.8, 4) is 34.1 Å². The van der Waals surface area contributed by atoms with Crippen LogP contribution in [-0.4, -0.2) is 20.4 Å². The number of benzene rings is 2. The summed E-state index contributed by atoms with van der Waals surface area (Å²) in [5.74, 6) is -0.240. The lowest BCUT2D eigenvalue weighted by molar-refractivity contribution is 0.441. The van der Waals surface area contributed by atoms with Crippen LogP contribution in [0.5, 0.6) is 23.0 Å². The topological polar surface area (TPSA) is 80.9 Å². The maximum atomic E-state index is 10.7. The number of rotatable bonds is 0. The fraction of sp³-hybridized carbons (Fsp3) is 0.462. The summed E-state index contributed by atoms with van der Waals surface area (Å²) in [6.07, 6.45) is 17.2. The second kappa shape index (κ2) is 11.0. The van der Waals surface area contributed by atoms with Crippen LogP contribution in [0, 0.1) is 0 Å². The normalized spacial score (nSPS) is 17.9. The van der Waals surface area contributed by atoms with Gasteiger partial charge in [-0.3, -0.25) is 0 Å². The van der Waals surface area contributed by atoms with Gasteiger partial charge in [-0.1, -0.05) is 44.3 Å². The van der Waals surface area contributed by atoms with Crippen molar-refractivity contribution in [2.24, 2.45) is 0 Å². The molecule has 0 amide bonds. The van der Waals surface area contributed by atoms with Gasteiger partial charge in [-0.05, 0) is 74.3 Å². The first kappa shape index (κ1) is 22.1. The molecule has 4 nitrogen and oxygen atoms in total. The Morgan fingerprint density at radius 3 is 1.77 bits per heavy atom. The maximum absolute atomic E-state index is 10.7. The number of phenols is 4. The lowest BCUT2D eigenvalue weighted by Gasteiger charge is -2.16. The van der Waals surface area contributed by atoms with Crippen molar-refractivity contribution in [2.75, 3.05) is 0 Å². The van der Waals surface area contributed by atoms with E-state index >= 15 is 0 Å². The zero-order chi connectivity index (χ0) is 21.3. The smallest absolute Gasteiger partial charge is 0.127 e. The third-order valence-electron chi connectivity index (χ3n) is 5.91. The number of hydrogen-bond donors (Lipinski definition) is 4. The Morgan fingerprint density at radius 2 is 1.07 bits per heavy atom. The van der Waals surface area contributed by atoms with E-state index in [0.29, 0.717) is 17.5 Å². The molecule has 0 unspecified atom stereocenters. The fourth-order valence-corrected chi connectivity index (χ4v) is 4.35. The van der Waals surface area contributed by atoms with Crippen LogP contribution in [0.3, 0.4) is 0 Å². The van der Waals surface area contributed by atoms with Crippen LogP contribution in [0.2, 0.25) is 0 Å². The van der Waals surface area contributed by atoms with Gasteiger partial charge in [0.25, 0.3) is 0 Å². The Balaban J connectivity index is 1.92. The molecular formula is C26H34O4. The predicted octanol–water partition coefficient (Wildman–Crippen LogP) is 6.73. The summed E-state index contributed by atoms with van der Waals surface area (Å²) in [4.78, 5) is 0. The predicted molar refractivity (Wildman–Crippen MR) is 121 cm³/mol. The number of hydrogen-bond acceptors (Lipinski definition) is 4. The van der Waals surface area contributed by atoms with Crippen LogP contribution in [-0.2, 0) is 12.8 Å². The van der Waals surface area contributed by atoms with Crippen molar-refractivity contribution in [3.63, 3.8) is 0 Å². The third kappa shape index (κ3) is 5.94. The summed E-state index contributed by atoms with van der Waals surface area (Å²) in [7, 11) is 0. The van der Waals surface area contributed by atoms with Gasteiger partial charge < -0.3 is 20.4 Å². The fourth-order valence-electron chi connectivity index (χ4n) is 4.35. The minimum atomic E-state index is -0.138. The second-order valence-electron chi connectivity index (χ2n) is 8.39. The van der Waals surface area contributed by atoms with Gasteiger partial charge in [0.05, 0.1) is 5.56 Å². The molecule has 0 radical (unpaired) electrons. The average Bonchev–Trinajstić information content (AvgIpc) is 2.68. The molecule has 162 valence electrons. The van der Waals surface area contributed by atoms with Crippen molar-refractivity contribution in [2.45, 2.75) is 77.0 Å². The van der Waals surface area contributed by atoms with Gasteiger partial charge in [-0.15, -0.1) is 0 Å². The summed E-state index contributed by atoms with van der Waals surface area (Å²) in [6, 6.07) is 6.24. The van der Waals surface area contributed by atoms with Crippen LogP contribution in [0.1, 0.15) is 75.3 Å². The van der Waals surface area contributed by atoms with Crippen molar-refractivity contribution >= 4 is 0 Å². The Kier molecular flexibility index (Phi) is 8.06. The second-order valence-corrected chi connectivity index (χ2v) is 8.39. The summed E-state index contributed by atoms with van der Waals surface area (Å²) in [5, 5.41) is 41.9. The van der Waals surface area contributed by atoms with E-state index in [1.807, 2.05) is 0 Å².